The minimum absolute atomic E-state index is 0.0628. The molecule has 1 amide bonds. The van der Waals surface area contributed by atoms with Gasteiger partial charge in [0.1, 0.15) is 0 Å². The van der Waals surface area contributed by atoms with Crippen LogP contribution in [0.25, 0.3) is 0 Å². The lowest BCUT2D eigenvalue weighted by Gasteiger charge is -2.23. The second-order valence-electron chi connectivity index (χ2n) is 6.66. The molecule has 1 fully saturated rings. The van der Waals surface area contributed by atoms with Crippen LogP contribution in [0.1, 0.15) is 34.3 Å². The fourth-order valence-electron chi connectivity index (χ4n) is 3.44. The van der Waals surface area contributed by atoms with E-state index in [0.717, 1.165) is 31.5 Å². The number of aromatic carboxylic acids is 1. The number of carboxylic acids is 1. The highest BCUT2D eigenvalue weighted by Crippen LogP contribution is 2.20. The molecule has 136 valence electrons. The lowest BCUT2D eigenvalue weighted by atomic mass is 10.1. The summed E-state index contributed by atoms with van der Waals surface area (Å²) in [6.45, 7) is 2.24. The van der Waals surface area contributed by atoms with Gasteiger partial charge in [0.05, 0.1) is 11.6 Å². The zero-order valence-corrected chi connectivity index (χ0v) is 14.7. The molecule has 1 heterocycles. The molecule has 0 aromatic heterocycles. The molecule has 1 saturated heterocycles. The molecule has 0 radical (unpaired) electrons. The standard InChI is InChI=1S/C21H24N2O3/c24-20(22-12-11-16-8-4-9-18(14-16)21(25)26)19-10-5-13-23(19)15-17-6-2-1-3-7-17/h1-4,6-9,14,19H,5,10-13,15H2,(H,22,24)(H,25,26). The van der Waals surface area contributed by atoms with Gasteiger partial charge in [-0.15, -0.1) is 0 Å². The molecule has 3 rings (SSSR count). The highest BCUT2D eigenvalue weighted by Gasteiger charge is 2.30. The van der Waals surface area contributed by atoms with Crippen molar-refractivity contribution in [2.75, 3.05) is 13.1 Å². The van der Waals surface area contributed by atoms with Gasteiger partial charge in [-0.3, -0.25) is 9.69 Å². The third kappa shape index (κ3) is 4.70. The summed E-state index contributed by atoms with van der Waals surface area (Å²) >= 11 is 0. The summed E-state index contributed by atoms with van der Waals surface area (Å²) in [5, 5.41) is 12.1. The van der Waals surface area contributed by atoms with Gasteiger partial charge in [-0.1, -0.05) is 42.5 Å². The molecular weight excluding hydrogens is 328 g/mol. The van der Waals surface area contributed by atoms with Crippen LogP contribution in [0.4, 0.5) is 0 Å². The normalized spacial score (nSPS) is 17.2. The number of nitrogens with zero attached hydrogens (tertiary/aromatic N) is 1. The van der Waals surface area contributed by atoms with E-state index < -0.39 is 5.97 Å². The number of hydrogen-bond donors (Lipinski definition) is 2. The predicted octanol–water partition coefficient (Wildman–Crippen LogP) is 2.71. The summed E-state index contributed by atoms with van der Waals surface area (Å²) in [7, 11) is 0. The Labute approximate surface area is 153 Å². The minimum Gasteiger partial charge on any atom is -0.478 e. The molecule has 0 aliphatic carbocycles. The van der Waals surface area contributed by atoms with E-state index in [4.69, 9.17) is 5.11 Å². The van der Waals surface area contributed by atoms with Gasteiger partial charge in [-0.25, -0.2) is 4.79 Å². The van der Waals surface area contributed by atoms with Crippen molar-refractivity contribution >= 4 is 11.9 Å². The van der Waals surface area contributed by atoms with Crippen LogP contribution in [0.3, 0.4) is 0 Å². The van der Waals surface area contributed by atoms with Crippen LogP contribution in [0.15, 0.2) is 54.6 Å². The number of carbonyl (C=O) groups is 2. The Morgan fingerprint density at radius 1 is 1.08 bits per heavy atom. The third-order valence-electron chi connectivity index (χ3n) is 4.78. The molecule has 1 unspecified atom stereocenters. The first kappa shape index (κ1) is 18.1. The summed E-state index contributed by atoms with van der Waals surface area (Å²) < 4.78 is 0. The number of amides is 1. The summed E-state index contributed by atoms with van der Waals surface area (Å²) in [5.41, 5.74) is 2.41. The number of carboxylic acid groups (broad SMARTS) is 1. The van der Waals surface area contributed by atoms with Crippen LogP contribution in [0, 0.1) is 0 Å². The minimum atomic E-state index is -0.932. The van der Waals surface area contributed by atoms with Crippen molar-refractivity contribution in [3.63, 3.8) is 0 Å². The van der Waals surface area contributed by atoms with Crippen molar-refractivity contribution < 1.29 is 14.7 Å². The molecule has 1 atom stereocenters. The van der Waals surface area contributed by atoms with Crippen molar-refractivity contribution in [3.05, 3.63) is 71.3 Å². The van der Waals surface area contributed by atoms with Gasteiger partial charge in [0, 0.05) is 13.1 Å². The number of hydrogen-bond acceptors (Lipinski definition) is 3. The lowest BCUT2D eigenvalue weighted by molar-refractivity contribution is -0.125. The molecule has 2 aromatic rings. The fraction of sp³-hybridized carbons (Fsp3) is 0.333. The highest BCUT2D eigenvalue weighted by molar-refractivity contribution is 5.87. The zero-order valence-electron chi connectivity index (χ0n) is 14.7. The third-order valence-corrected chi connectivity index (χ3v) is 4.78. The SMILES string of the molecule is O=C(O)c1cccc(CCNC(=O)C2CCCN2Cc2ccccc2)c1. The topological polar surface area (TPSA) is 69.6 Å². The Bertz CT molecular complexity index is 761. The molecule has 0 spiro atoms. The molecule has 0 saturated carbocycles. The van der Waals surface area contributed by atoms with Crippen molar-refractivity contribution in [2.45, 2.75) is 31.8 Å². The molecule has 1 aliphatic rings. The van der Waals surface area contributed by atoms with Gasteiger partial charge < -0.3 is 10.4 Å². The van der Waals surface area contributed by atoms with E-state index in [1.165, 1.54) is 5.56 Å². The van der Waals surface area contributed by atoms with E-state index in [1.54, 1.807) is 18.2 Å². The van der Waals surface area contributed by atoms with Crippen LogP contribution in [-0.4, -0.2) is 41.0 Å². The smallest absolute Gasteiger partial charge is 0.335 e. The monoisotopic (exact) mass is 352 g/mol. The van der Waals surface area contributed by atoms with Crippen LogP contribution in [0.2, 0.25) is 0 Å². The average molecular weight is 352 g/mol. The first-order valence-corrected chi connectivity index (χ1v) is 9.01. The van der Waals surface area contributed by atoms with Gasteiger partial charge in [0.15, 0.2) is 0 Å². The molecule has 5 nitrogen and oxygen atoms in total. The van der Waals surface area contributed by atoms with Crippen molar-refractivity contribution in [1.82, 2.24) is 10.2 Å². The first-order valence-electron chi connectivity index (χ1n) is 9.01. The Kier molecular flexibility index (Phi) is 6.02. The summed E-state index contributed by atoms with van der Waals surface area (Å²) in [5.74, 6) is -0.869. The molecule has 26 heavy (non-hydrogen) atoms. The van der Waals surface area contributed by atoms with Crippen LogP contribution >= 0.6 is 0 Å². The zero-order chi connectivity index (χ0) is 18.4. The molecule has 1 aliphatic heterocycles. The number of carbonyl (C=O) groups excluding carboxylic acids is 1. The molecule has 2 N–H and O–H groups in total. The Morgan fingerprint density at radius 2 is 1.85 bits per heavy atom. The van der Waals surface area contributed by atoms with Crippen LogP contribution in [0.5, 0.6) is 0 Å². The maximum Gasteiger partial charge on any atom is 0.335 e. The first-order chi connectivity index (χ1) is 12.6. The number of benzene rings is 2. The maximum absolute atomic E-state index is 12.6. The maximum atomic E-state index is 12.6. The summed E-state index contributed by atoms with van der Waals surface area (Å²) in [6, 6.07) is 17.0. The largest absolute Gasteiger partial charge is 0.478 e. The van der Waals surface area contributed by atoms with Gasteiger partial charge >= 0.3 is 5.97 Å². The average Bonchev–Trinajstić information content (AvgIpc) is 3.11. The summed E-state index contributed by atoms with van der Waals surface area (Å²) in [4.78, 5) is 25.8. The second-order valence-corrected chi connectivity index (χ2v) is 6.66. The number of likely N-dealkylation sites (tertiary alicyclic amines) is 1. The Morgan fingerprint density at radius 3 is 2.62 bits per heavy atom. The van der Waals surface area contributed by atoms with Crippen LogP contribution < -0.4 is 5.32 Å². The van der Waals surface area contributed by atoms with E-state index >= 15 is 0 Å². The predicted molar refractivity (Wildman–Crippen MR) is 100.0 cm³/mol. The van der Waals surface area contributed by atoms with E-state index in [1.807, 2.05) is 24.3 Å². The Hall–Kier alpha value is -2.66. The number of rotatable bonds is 7. The van der Waals surface area contributed by atoms with Crippen molar-refractivity contribution in [2.24, 2.45) is 0 Å². The van der Waals surface area contributed by atoms with Gasteiger partial charge in [0.2, 0.25) is 5.91 Å². The lowest BCUT2D eigenvalue weighted by Crippen LogP contribution is -2.43. The second kappa shape index (κ2) is 8.63. The van der Waals surface area contributed by atoms with Crippen molar-refractivity contribution in [3.8, 4) is 0 Å². The van der Waals surface area contributed by atoms with Gasteiger partial charge in [-0.2, -0.15) is 0 Å². The van der Waals surface area contributed by atoms with Crippen LogP contribution in [-0.2, 0) is 17.8 Å². The van der Waals surface area contributed by atoms with E-state index in [9.17, 15) is 9.59 Å². The Balaban J connectivity index is 1.51. The van der Waals surface area contributed by atoms with E-state index in [-0.39, 0.29) is 17.5 Å². The molecule has 0 bridgehead atoms. The highest BCUT2D eigenvalue weighted by atomic mass is 16.4. The van der Waals surface area contributed by atoms with Crippen molar-refractivity contribution in [1.29, 1.82) is 0 Å². The molecule has 2 aromatic carbocycles. The number of nitrogens with one attached hydrogen (secondary N) is 1. The quantitative estimate of drug-likeness (QED) is 0.804. The van der Waals surface area contributed by atoms with E-state index in [0.29, 0.717) is 13.0 Å². The van der Waals surface area contributed by atoms with E-state index in [2.05, 4.69) is 22.3 Å². The fourth-order valence-corrected chi connectivity index (χ4v) is 3.44. The van der Waals surface area contributed by atoms with Gasteiger partial charge in [0.25, 0.3) is 0 Å². The molecular formula is C21H24N2O3. The van der Waals surface area contributed by atoms with Gasteiger partial charge in [-0.05, 0) is 49.1 Å². The summed E-state index contributed by atoms with van der Waals surface area (Å²) in [6.07, 6.45) is 2.54. The molecule has 5 heteroatoms.